The number of rotatable bonds is 4. The van der Waals surface area contributed by atoms with Crippen molar-refractivity contribution in [1.82, 2.24) is 9.55 Å². The lowest BCUT2D eigenvalue weighted by Crippen LogP contribution is -2.03. The van der Waals surface area contributed by atoms with Gasteiger partial charge in [0.25, 0.3) is 0 Å². The van der Waals surface area contributed by atoms with E-state index in [1.807, 2.05) is 17.7 Å². The van der Waals surface area contributed by atoms with Gasteiger partial charge in [-0.1, -0.05) is 6.07 Å². The Labute approximate surface area is 119 Å². The highest BCUT2D eigenvalue weighted by Gasteiger charge is 2.11. The van der Waals surface area contributed by atoms with Gasteiger partial charge >= 0.3 is 0 Å². The first-order valence-electron chi connectivity index (χ1n) is 5.82. The molecule has 2 rings (SSSR count). The van der Waals surface area contributed by atoms with E-state index in [2.05, 4.69) is 20.9 Å². The second kappa shape index (κ2) is 5.61. The van der Waals surface area contributed by atoms with Crippen molar-refractivity contribution in [2.24, 2.45) is 7.05 Å². The summed E-state index contributed by atoms with van der Waals surface area (Å²) < 4.78 is 21.0. The fraction of sp³-hybridized carbons (Fsp3) is 0.308. The third kappa shape index (κ3) is 2.89. The highest BCUT2D eigenvalue weighted by molar-refractivity contribution is 9.10. The van der Waals surface area contributed by atoms with E-state index in [1.54, 1.807) is 6.07 Å². The van der Waals surface area contributed by atoms with E-state index < -0.39 is 0 Å². The number of hydrogen-bond donors (Lipinski definition) is 1. The normalized spacial score (nSPS) is 10.7. The van der Waals surface area contributed by atoms with Crippen LogP contribution in [0.1, 0.15) is 11.3 Å². The highest BCUT2D eigenvalue weighted by Crippen LogP contribution is 2.22. The molecule has 0 saturated carbocycles. The molecular formula is C13H15BrFN3O. The summed E-state index contributed by atoms with van der Waals surface area (Å²) >= 11 is 3.37. The lowest BCUT2D eigenvalue weighted by molar-refractivity contribution is 0.386. The largest absolute Gasteiger partial charge is 0.494 e. The molecule has 2 N–H and O–H groups in total. The smallest absolute Gasteiger partial charge is 0.201 e. The van der Waals surface area contributed by atoms with E-state index in [1.165, 1.54) is 13.2 Å². The first-order chi connectivity index (χ1) is 9.02. The van der Waals surface area contributed by atoms with Crippen molar-refractivity contribution in [1.29, 1.82) is 0 Å². The summed E-state index contributed by atoms with van der Waals surface area (Å²) in [6.45, 7) is 0. The molecule has 0 unspecified atom stereocenters. The van der Waals surface area contributed by atoms with Crippen molar-refractivity contribution >= 4 is 21.9 Å². The predicted molar refractivity (Wildman–Crippen MR) is 75.7 cm³/mol. The van der Waals surface area contributed by atoms with Crippen LogP contribution in [0, 0.1) is 5.82 Å². The molecular weight excluding hydrogens is 313 g/mol. The average molecular weight is 328 g/mol. The standard InChI is InChI=1S/C13H15BrFN3O/c1-18-10(12(14)17-13(18)16)5-3-8-4-6-11(19-2)9(15)7-8/h4,6-7H,3,5H2,1-2H3,(H2,16,17). The van der Waals surface area contributed by atoms with Crippen LogP contribution in [0.15, 0.2) is 22.8 Å². The van der Waals surface area contributed by atoms with Crippen LogP contribution in [0.3, 0.4) is 0 Å². The maximum Gasteiger partial charge on any atom is 0.201 e. The molecule has 0 radical (unpaired) electrons. The summed E-state index contributed by atoms with van der Waals surface area (Å²) in [5, 5.41) is 0. The number of aromatic nitrogens is 2. The SMILES string of the molecule is COc1ccc(CCc2c(Br)nc(N)n2C)cc1F. The Hall–Kier alpha value is -1.56. The van der Waals surface area contributed by atoms with Crippen molar-refractivity contribution in [2.75, 3.05) is 12.8 Å². The number of anilines is 1. The molecule has 0 aliphatic heterocycles. The fourth-order valence-electron chi connectivity index (χ4n) is 1.92. The monoisotopic (exact) mass is 327 g/mol. The molecule has 19 heavy (non-hydrogen) atoms. The van der Waals surface area contributed by atoms with Gasteiger partial charge in [-0.2, -0.15) is 0 Å². The summed E-state index contributed by atoms with van der Waals surface area (Å²) in [5.41, 5.74) is 7.62. The molecule has 4 nitrogen and oxygen atoms in total. The van der Waals surface area contributed by atoms with Crippen LogP contribution in [0.4, 0.5) is 10.3 Å². The van der Waals surface area contributed by atoms with Crippen molar-refractivity contribution in [3.05, 3.63) is 39.9 Å². The van der Waals surface area contributed by atoms with Gasteiger partial charge in [-0.15, -0.1) is 0 Å². The molecule has 1 aromatic heterocycles. The number of ether oxygens (including phenoxy) is 1. The lowest BCUT2D eigenvalue weighted by Gasteiger charge is -2.06. The molecule has 0 bridgehead atoms. The van der Waals surface area contributed by atoms with E-state index in [0.717, 1.165) is 22.3 Å². The number of nitrogen functional groups attached to an aromatic ring is 1. The zero-order valence-corrected chi connectivity index (χ0v) is 12.4. The fourth-order valence-corrected chi connectivity index (χ4v) is 2.56. The van der Waals surface area contributed by atoms with E-state index in [9.17, 15) is 4.39 Å². The Bertz CT molecular complexity index is 598. The van der Waals surface area contributed by atoms with E-state index in [-0.39, 0.29) is 11.6 Å². The number of nitrogens with zero attached hydrogens (tertiary/aromatic N) is 2. The van der Waals surface area contributed by atoms with Crippen LogP contribution >= 0.6 is 15.9 Å². The Balaban J connectivity index is 2.12. The topological polar surface area (TPSA) is 53.1 Å². The summed E-state index contributed by atoms with van der Waals surface area (Å²) in [6, 6.07) is 4.99. The minimum absolute atomic E-state index is 0.259. The molecule has 0 spiro atoms. The first kappa shape index (κ1) is 13.9. The van der Waals surface area contributed by atoms with Crippen molar-refractivity contribution in [3.63, 3.8) is 0 Å². The van der Waals surface area contributed by atoms with Crippen molar-refractivity contribution < 1.29 is 9.13 Å². The van der Waals surface area contributed by atoms with Gasteiger partial charge in [0.15, 0.2) is 11.6 Å². The van der Waals surface area contributed by atoms with Crippen LogP contribution in [-0.4, -0.2) is 16.7 Å². The quantitative estimate of drug-likeness (QED) is 0.939. The molecule has 1 aromatic carbocycles. The molecule has 0 amide bonds. The van der Waals surface area contributed by atoms with Crippen LogP contribution in [0.2, 0.25) is 0 Å². The molecule has 0 saturated heterocycles. The van der Waals surface area contributed by atoms with Gasteiger partial charge in [0.1, 0.15) is 4.60 Å². The molecule has 0 aliphatic carbocycles. The van der Waals surface area contributed by atoms with Gasteiger partial charge in [0, 0.05) is 7.05 Å². The summed E-state index contributed by atoms with van der Waals surface area (Å²) in [5.74, 6) is 0.376. The Morgan fingerprint density at radius 3 is 2.68 bits per heavy atom. The first-order valence-corrected chi connectivity index (χ1v) is 6.61. The van der Waals surface area contributed by atoms with Crippen LogP contribution in [-0.2, 0) is 19.9 Å². The number of hydrogen-bond acceptors (Lipinski definition) is 3. The Kier molecular flexibility index (Phi) is 4.09. The second-order valence-electron chi connectivity index (χ2n) is 4.24. The summed E-state index contributed by atoms with van der Waals surface area (Å²) in [4.78, 5) is 4.13. The number of methoxy groups -OCH3 is 1. The maximum absolute atomic E-state index is 13.6. The van der Waals surface area contributed by atoms with E-state index >= 15 is 0 Å². The van der Waals surface area contributed by atoms with Gasteiger partial charge in [-0.05, 0) is 46.5 Å². The third-order valence-electron chi connectivity index (χ3n) is 3.07. The average Bonchev–Trinajstić information content (AvgIpc) is 2.61. The predicted octanol–water partition coefficient (Wildman–Crippen LogP) is 2.70. The number of aryl methyl sites for hydroxylation is 1. The maximum atomic E-state index is 13.6. The molecule has 0 fully saturated rings. The van der Waals surface area contributed by atoms with Gasteiger partial charge < -0.3 is 15.0 Å². The molecule has 0 aliphatic rings. The Morgan fingerprint density at radius 2 is 2.16 bits per heavy atom. The van der Waals surface area contributed by atoms with Crippen LogP contribution in [0.5, 0.6) is 5.75 Å². The number of benzene rings is 1. The number of imidazole rings is 1. The van der Waals surface area contributed by atoms with Gasteiger partial charge in [0.2, 0.25) is 5.95 Å². The van der Waals surface area contributed by atoms with Gasteiger partial charge in [-0.25, -0.2) is 9.37 Å². The van der Waals surface area contributed by atoms with Crippen molar-refractivity contribution in [2.45, 2.75) is 12.8 Å². The number of halogens is 2. The van der Waals surface area contributed by atoms with Crippen LogP contribution < -0.4 is 10.5 Å². The molecule has 102 valence electrons. The minimum atomic E-state index is -0.344. The van der Waals surface area contributed by atoms with Gasteiger partial charge in [0.05, 0.1) is 12.8 Å². The van der Waals surface area contributed by atoms with Crippen molar-refractivity contribution in [3.8, 4) is 5.75 Å². The summed E-state index contributed by atoms with van der Waals surface area (Å²) in [7, 11) is 3.31. The zero-order chi connectivity index (χ0) is 14.0. The zero-order valence-electron chi connectivity index (χ0n) is 10.8. The second-order valence-corrected chi connectivity index (χ2v) is 4.99. The molecule has 6 heteroatoms. The number of nitrogens with two attached hydrogens (primary N) is 1. The molecule has 0 atom stereocenters. The summed E-state index contributed by atoms with van der Waals surface area (Å²) in [6.07, 6.45) is 1.44. The molecule has 1 heterocycles. The Morgan fingerprint density at radius 1 is 1.42 bits per heavy atom. The van der Waals surface area contributed by atoms with Crippen LogP contribution in [0.25, 0.3) is 0 Å². The minimum Gasteiger partial charge on any atom is -0.494 e. The lowest BCUT2D eigenvalue weighted by atomic mass is 10.1. The highest BCUT2D eigenvalue weighted by atomic mass is 79.9. The van der Waals surface area contributed by atoms with E-state index in [4.69, 9.17) is 10.5 Å². The molecule has 2 aromatic rings. The van der Waals surface area contributed by atoms with Gasteiger partial charge in [-0.3, -0.25) is 0 Å². The third-order valence-corrected chi connectivity index (χ3v) is 3.70. The van der Waals surface area contributed by atoms with E-state index in [0.29, 0.717) is 12.4 Å².